The minimum absolute atomic E-state index is 0.0727. The lowest BCUT2D eigenvalue weighted by Crippen LogP contribution is -2.45. The van der Waals surface area contributed by atoms with E-state index in [1.165, 1.54) is 6.92 Å². The van der Waals surface area contributed by atoms with Gasteiger partial charge in [-0.15, -0.1) is 0 Å². The molecule has 0 spiro atoms. The van der Waals surface area contributed by atoms with Crippen LogP contribution in [-0.4, -0.2) is 43.3 Å². The molecule has 0 aliphatic rings. The van der Waals surface area contributed by atoms with Gasteiger partial charge < -0.3 is 14.6 Å². The van der Waals surface area contributed by atoms with E-state index in [0.717, 1.165) is 7.11 Å². The van der Waals surface area contributed by atoms with Gasteiger partial charge in [-0.3, -0.25) is 5.32 Å². The minimum atomic E-state index is -2.14. The second-order valence-electron chi connectivity index (χ2n) is 2.26. The number of rotatable bonds is 5. The zero-order valence-electron chi connectivity index (χ0n) is 7.82. The second-order valence-corrected chi connectivity index (χ2v) is 2.26. The highest BCUT2D eigenvalue weighted by molar-refractivity contribution is 5.75. The van der Waals surface area contributed by atoms with Crippen molar-refractivity contribution in [2.75, 3.05) is 13.7 Å². The molecule has 0 aromatic rings. The maximum absolute atomic E-state index is 13.0. The molecule has 0 aliphatic carbocycles. The van der Waals surface area contributed by atoms with Crippen LogP contribution in [0.25, 0.3) is 0 Å². The Bertz CT molecular complexity index is 210. The van der Waals surface area contributed by atoms with E-state index in [2.05, 4.69) is 9.47 Å². The summed E-state index contributed by atoms with van der Waals surface area (Å²) in [5.74, 6) is -1.50. The smallest absolute Gasteiger partial charge is 0.409 e. The van der Waals surface area contributed by atoms with Crippen LogP contribution < -0.4 is 5.32 Å². The number of carbonyl (C=O) groups excluding carboxylic acids is 1. The number of alkyl carbamates (subject to hydrolysis) is 1. The number of hydrogen-bond acceptors (Lipinski definition) is 4. The molecule has 0 heterocycles. The lowest BCUT2D eigenvalue weighted by molar-refractivity contribution is -0.153. The number of nitrogens with one attached hydrogen (secondary N) is 1. The van der Waals surface area contributed by atoms with E-state index in [-0.39, 0.29) is 6.61 Å². The Kier molecular flexibility index (Phi) is 5.54. The van der Waals surface area contributed by atoms with Gasteiger partial charge in [0.1, 0.15) is 0 Å². The Hall–Kier alpha value is -1.37. The summed E-state index contributed by atoms with van der Waals surface area (Å²) < 4.78 is 21.6. The van der Waals surface area contributed by atoms with Crippen LogP contribution in [0.4, 0.5) is 9.18 Å². The van der Waals surface area contributed by atoms with Gasteiger partial charge in [-0.05, 0) is 6.92 Å². The lowest BCUT2D eigenvalue weighted by atomic mass is 10.3. The maximum atomic E-state index is 13.0. The summed E-state index contributed by atoms with van der Waals surface area (Å²) in [6.45, 7) is 1.61. The summed E-state index contributed by atoms with van der Waals surface area (Å²) in [7, 11) is 1.03. The first-order valence-corrected chi connectivity index (χ1v) is 3.85. The van der Waals surface area contributed by atoms with E-state index >= 15 is 0 Å². The molecule has 0 bridgehead atoms. The summed E-state index contributed by atoms with van der Waals surface area (Å²) in [6, 6.07) is 0. The molecule has 0 saturated carbocycles. The van der Waals surface area contributed by atoms with Gasteiger partial charge in [0, 0.05) is 7.11 Å². The van der Waals surface area contributed by atoms with Crippen molar-refractivity contribution in [1.29, 1.82) is 0 Å². The Balaban J connectivity index is 4.10. The number of amides is 1. The quantitative estimate of drug-likeness (QED) is 0.628. The number of methoxy groups -OCH3 is 1. The Morgan fingerprint density at radius 3 is 2.50 bits per heavy atom. The fourth-order valence-electron chi connectivity index (χ4n) is 0.707. The first-order chi connectivity index (χ1) is 6.52. The molecular formula is C7H12FNO5. The van der Waals surface area contributed by atoms with Crippen molar-refractivity contribution < 1.29 is 28.6 Å². The standard InChI is InChI=1S/C7H12FNO5/c1-3-14-7(12)9-5(8)4(13-2)6(10)11/h4-5H,3H2,1-2H3,(H,9,12)(H,10,11). The van der Waals surface area contributed by atoms with Crippen LogP contribution in [0, 0.1) is 0 Å². The van der Waals surface area contributed by atoms with Gasteiger partial charge in [0.15, 0.2) is 0 Å². The molecule has 14 heavy (non-hydrogen) atoms. The van der Waals surface area contributed by atoms with Gasteiger partial charge >= 0.3 is 12.1 Å². The highest BCUT2D eigenvalue weighted by atomic mass is 19.1. The lowest BCUT2D eigenvalue weighted by Gasteiger charge is -2.16. The maximum Gasteiger partial charge on any atom is 0.409 e. The van der Waals surface area contributed by atoms with E-state index in [1.54, 1.807) is 5.32 Å². The predicted molar refractivity (Wildman–Crippen MR) is 43.5 cm³/mol. The molecule has 2 unspecified atom stereocenters. The SMILES string of the molecule is CCOC(=O)NC(F)C(OC)C(=O)O. The average Bonchev–Trinajstić information content (AvgIpc) is 2.04. The summed E-state index contributed by atoms with van der Waals surface area (Å²) in [5, 5.41) is 10.1. The Morgan fingerprint density at radius 2 is 2.14 bits per heavy atom. The predicted octanol–water partition coefficient (Wildman–Crippen LogP) is 0.128. The summed E-state index contributed by atoms with van der Waals surface area (Å²) in [5.41, 5.74) is 0. The van der Waals surface area contributed by atoms with Crippen molar-refractivity contribution in [3.8, 4) is 0 Å². The first kappa shape index (κ1) is 12.6. The molecule has 82 valence electrons. The van der Waals surface area contributed by atoms with Crippen molar-refractivity contribution in [3.63, 3.8) is 0 Å². The molecule has 6 nitrogen and oxygen atoms in total. The summed E-state index contributed by atoms with van der Waals surface area (Å²) in [6.07, 6.45) is -4.90. The van der Waals surface area contributed by atoms with Gasteiger partial charge in [-0.25, -0.2) is 14.0 Å². The van der Waals surface area contributed by atoms with Gasteiger partial charge in [0.25, 0.3) is 0 Å². The molecule has 0 rings (SSSR count). The van der Waals surface area contributed by atoms with E-state index in [0.29, 0.717) is 0 Å². The zero-order valence-corrected chi connectivity index (χ0v) is 7.82. The molecule has 0 radical (unpaired) electrons. The third-order valence-corrected chi connectivity index (χ3v) is 1.29. The number of carboxylic acid groups (broad SMARTS) is 1. The van der Waals surface area contributed by atoms with Crippen LogP contribution in [0.2, 0.25) is 0 Å². The number of ether oxygens (including phenoxy) is 2. The van der Waals surface area contributed by atoms with Crippen molar-refractivity contribution in [2.45, 2.75) is 19.3 Å². The molecule has 2 atom stereocenters. The molecule has 0 saturated heterocycles. The van der Waals surface area contributed by atoms with Crippen molar-refractivity contribution >= 4 is 12.1 Å². The molecule has 0 aromatic carbocycles. The van der Waals surface area contributed by atoms with E-state index in [9.17, 15) is 14.0 Å². The van der Waals surface area contributed by atoms with Gasteiger partial charge in [0.2, 0.25) is 12.4 Å². The number of carbonyl (C=O) groups is 2. The van der Waals surface area contributed by atoms with Gasteiger partial charge in [0.05, 0.1) is 6.61 Å². The highest BCUT2D eigenvalue weighted by Crippen LogP contribution is 2.00. The zero-order chi connectivity index (χ0) is 11.1. The summed E-state index contributed by atoms with van der Waals surface area (Å²) in [4.78, 5) is 21.0. The van der Waals surface area contributed by atoms with Crippen LogP contribution in [0.5, 0.6) is 0 Å². The van der Waals surface area contributed by atoms with Crippen LogP contribution in [0.1, 0.15) is 6.92 Å². The van der Waals surface area contributed by atoms with Crippen molar-refractivity contribution in [3.05, 3.63) is 0 Å². The topological polar surface area (TPSA) is 84.9 Å². The van der Waals surface area contributed by atoms with Crippen LogP contribution in [-0.2, 0) is 14.3 Å². The number of hydrogen-bond donors (Lipinski definition) is 2. The Morgan fingerprint density at radius 1 is 1.57 bits per heavy atom. The monoisotopic (exact) mass is 209 g/mol. The van der Waals surface area contributed by atoms with Gasteiger partial charge in [-0.2, -0.15) is 0 Å². The van der Waals surface area contributed by atoms with E-state index in [4.69, 9.17) is 5.11 Å². The molecule has 7 heteroatoms. The number of alkyl halides is 1. The molecule has 0 fully saturated rings. The van der Waals surface area contributed by atoms with Crippen LogP contribution >= 0.6 is 0 Å². The normalized spacial score (nSPS) is 14.2. The third kappa shape index (κ3) is 4.04. The second kappa shape index (κ2) is 6.14. The van der Waals surface area contributed by atoms with Crippen molar-refractivity contribution in [1.82, 2.24) is 5.32 Å². The largest absolute Gasteiger partial charge is 0.479 e. The molecule has 1 amide bonds. The molecule has 0 aromatic heterocycles. The molecule has 0 aliphatic heterocycles. The van der Waals surface area contributed by atoms with Gasteiger partial charge in [-0.1, -0.05) is 0 Å². The van der Waals surface area contributed by atoms with Crippen LogP contribution in [0.3, 0.4) is 0 Å². The fraction of sp³-hybridized carbons (Fsp3) is 0.714. The molecular weight excluding hydrogens is 197 g/mol. The fourth-order valence-corrected chi connectivity index (χ4v) is 0.707. The third-order valence-electron chi connectivity index (χ3n) is 1.29. The number of aliphatic carboxylic acids is 1. The average molecular weight is 209 g/mol. The summed E-state index contributed by atoms with van der Waals surface area (Å²) >= 11 is 0. The highest BCUT2D eigenvalue weighted by Gasteiger charge is 2.29. The van der Waals surface area contributed by atoms with Crippen LogP contribution in [0.15, 0.2) is 0 Å². The first-order valence-electron chi connectivity index (χ1n) is 3.85. The van der Waals surface area contributed by atoms with E-state index < -0.39 is 24.5 Å². The Labute approximate surface area is 80.0 Å². The van der Waals surface area contributed by atoms with Crippen molar-refractivity contribution in [2.24, 2.45) is 0 Å². The molecule has 2 N–H and O–H groups in total. The van der Waals surface area contributed by atoms with E-state index in [1.807, 2.05) is 0 Å². The minimum Gasteiger partial charge on any atom is -0.479 e. The number of carboxylic acids is 1. The number of halogens is 1.